The maximum Gasteiger partial charge on any atom is 0.244 e. The van der Waals surface area contributed by atoms with Crippen molar-refractivity contribution in [1.29, 1.82) is 0 Å². The average molecular weight is 321 g/mol. The van der Waals surface area contributed by atoms with Crippen molar-refractivity contribution >= 4 is 29.3 Å². The van der Waals surface area contributed by atoms with Gasteiger partial charge < -0.3 is 11.1 Å². The highest BCUT2D eigenvalue weighted by atomic mass is 32.2. The van der Waals surface area contributed by atoms with Gasteiger partial charge in [-0.25, -0.2) is 0 Å². The van der Waals surface area contributed by atoms with Crippen LogP contribution in [-0.2, 0) is 16.0 Å². The third-order valence-corrected chi connectivity index (χ3v) is 4.49. The van der Waals surface area contributed by atoms with Crippen molar-refractivity contribution < 1.29 is 9.59 Å². The summed E-state index contributed by atoms with van der Waals surface area (Å²) in [4.78, 5) is 26.6. The fourth-order valence-corrected chi connectivity index (χ4v) is 2.92. The molecule has 5 nitrogen and oxygen atoms in total. The van der Waals surface area contributed by atoms with Crippen LogP contribution in [0, 0.1) is 0 Å². The number of anilines is 1. The zero-order valence-corrected chi connectivity index (χ0v) is 13.9. The molecule has 0 bridgehead atoms. The third-order valence-electron chi connectivity index (χ3n) is 3.88. The van der Waals surface area contributed by atoms with Gasteiger partial charge in [0.1, 0.15) is 6.04 Å². The zero-order chi connectivity index (χ0) is 16.1. The SMILES string of the molecule is CCC(N)C(=O)N1c2ccccc2CC1C(=O)NCCSC. The molecular weight excluding hydrogens is 298 g/mol. The number of carbonyl (C=O) groups is 2. The summed E-state index contributed by atoms with van der Waals surface area (Å²) in [6, 6.07) is 6.57. The van der Waals surface area contributed by atoms with E-state index in [0.29, 0.717) is 19.4 Å². The molecular formula is C16H23N3O2S. The Labute approximate surface area is 135 Å². The van der Waals surface area contributed by atoms with Crippen LogP contribution in [0.5, 0.6) is 0 Å². The van der Waals surface area contributed by atoms with Gasteiger partial charge in [-0.05, 0) is 24.3 Å². The Morgan fingerprint density at radius 2 is 2.18 bits per heavy atom. The predicted octanol–water partition coefficient (Wildman–Crippen LogP) is 1.16. The Morgan fingerprint density at radius 3 is 2.86 bits per heavy atom. The number of thioether (sulfide) groups is 1. The van der Waals surface area contributed by atoms with E-state index in [1.54, 1.807) is 16.7 Å². The van der Waals surface area contributed by atoms with Crippen molar-refractivity contribution in [3.63, 3.8) is 0 Å². The fourth-order valence-electron chi connectivity index (χ4n) is 2.62. The second-order valence-corrected chi connectivity index (χ2v) is 6.34. The van der Waals surface area contributed by atoms with Crippen LogP contribution in [0.3, 0.4) is 0 Å². The number of nitrogens with one attached hydrogen (secondary N) is 1. The molecule has 3 N–H and O–H groups in total. The summed E-state index contributed by atoms with van der Waals surface area (Å²) >= 11 is 1.67. The number of nitrogens with zero attached hydrogens (tertiary/aromatic N) is 1. The molecule has 1 aromatic rings. The fraction of sp³-hybridized carbons (Fsp3) is 0.500. The molecule has 120 valence electrons. The van der Waals surface area contributed by atoms with E-state index in [1.807, 2.05) is 37.4 Å². The molecule has 0 aromatic heterocycles. The molecule has 6 heteroatoms. The van der Waals surface area contributed by atoms with E-state index >= 15 is 0 Å². The van der Waals surface area contributed by atoms with E-state index in [0.717, 1.165) is 17.0 Å². The molecule has 1 aromatic carbocycles. The number of fused-ring (bicyclic) bond motifs is 1. The van der Waals surface area contributed by atoms with E-state index < -0.39 is 12.1 Å². The summed E-state index contributed by atoms with van der Waals surface area (Å²) in [5.41, 5.74) is 7.74. The van der Waals surface area contributed by atoms with Gasteiger partial charge in [-0.2, -0.15) is 11.8 Å². The van der Waals surface area contributed by atoms with Crippen molar-refractivity contribution in [1.82, 2.24) is 5.32 Å². The number of hydrogen-bond donors (Lipinski definition) is 2. The molecule has 0 fully saturated rings. The predicted molar refractivity (Wildman–Crippen MR) is 91.1 cm³/mol. The Morgan fingerprint density at radius 1 is 1.45 bits per heavy atom. The standard InChI is InChI=1S/C16H23N3O2S/c1-3-12(17)16(21)19-13-7-5-4-6-11(13)10-14(19)15(20)18-8-9-22-2/h4-7,12,14H,3,8-10,17H2,1-2H3,(H,18,20). The van der Waals surface area contributed by atoms with E-state index in [4.69, 9.17) is 5.73 Å². The van der Waals surface area contributed by atoms with Crippen molar-refractivity contribution in [3.8, 4) is 0 Å². The maximum atomic E-state index is 12.6. The van der Waals surface area contributed by atoms with Crippen molar-refractivity contribution in [2.45, 2.75) is 31.8 Å². The Bertz CT molecular complexity index is 550. The molecule has 2 atom stereocenters. The van der Waals surface area contributed by atoms with E-state index in [9.17, 15) is 9.59 Å². The minimum Gasteiger partial charge on any atom is -0.353 e. The first-order chi connectivity index (χ1) is 10.6. The van der Waals surface area contributed by atoms with Gasteiger partial charge in [0.2, 0.25) is 11.8 Å². The summed E-state index contributed by atoms with van der Waals surface area (Å²) in [6.07, 6.45) is 3.09. The molecule has 0 saturated heterocycles. The number of hydrogen-bond acceptors (Lipinski definition) is 4. The highest BCUT2D eigenvalue weighted by molar-refractivity contribution is 7.98. The van der Waals surface area contributed by atoms with Gasteiger partial charge >= 0.3 is 0 Å². The molecule has 2 amide bonds. The lowest BCUT2D eigenvalue weighted by Crippen LogP contribution is -2.53. The summed E-state index contributed by atoms with van der Waals surface area (Å²) in [7, 11) is 0. The van der Waals surface area contributed by atoms with Crippen molar-refractivity contribution in [2.24, 2.45) is 5.73 Å². The summed E-state index contributed by atoms with van der Waals surface area (Å²) in [6.45, 7) is 2.48. The van der Waals surface area contributed by atoms with Crippen molar-refractivity contribution in [3.05, 3.63) is 29.8 Å². The van der Waals surface area contributed by atoms with Crippen LogP contribution >= 0.6 is 11.8 Å². The Kier molecular flexibility index (Phi) is 5.85. The quantitative estimate of drug-likeness (QED) is 0.771. The topological polar surface area (TPSA) is 75.4 Å². The number of nitrogens with two attached hydrogens (primary N) is 1. The number of carbonyl (C=O) groups excluding carboxylic acids is 2. The lowest BCUT2D eigenvalue weighted by atomic mass is 10.1. The van der Waals surface area contributed by atoms with E-state index in [2.05, 4.69) is 5.32 Å². The molecule has 0 radical (unpaired) electrons. The van der Waals surface area contributed by atoms with Gasteiger partial charge in [0.25, 0.3) is 0 Å². The highest BCUT2D eigenvalue weighted by Crippen LogP contribution is 2.32. The first kappa shape index (κ1) is 16.8. The average Bonchev–Trinajstić information content (AvgIpc) is 2.93. The lowest BCUT2D eigenvalue weighted by Gasteiger charge is -2.27. The number of para-hydroxylation sites is 1. The van der Waals surface area contributed by atoms with Crippen molar-refractivity contribution in [2.75, 3.05) is 23.5 Å². The molecule has 0 aliphatic carbocycles. The van der Waals surface area contributed by atoms with E-state index in [1.165, 1.54) is 0 Å². The molecule has 2 unspecified atom stereocenters. The summed E-state index contributed by atoms with van der Waals surface area (Å²) in [5.74, 6) is 0.563. The summed E-state index contributed by atoms with van der Waals surface area (Å²) < 4.78 is 0. The Hall–Kier alpha value is -1.53. The highest BCUT2D eigenvalue weighted by Gasteiger charge is 2.39. The molecule has 1 heterocycles. The molecule has 22 heavy (non-hydrogen) atoms. The second kappa shape index (κ2) is 7.65. The molecule has 0 saturated carbocycles. The zero-order valence-electron chi connectivity index (χ0n) is 13.0. The monoisotopic (exact) mass is 321 g/mol. The lowest BCUT2D eigenvalue weighted by molar-refractivity contribution is -0.126. The van der Waals surface area contributed by atoms with Crippen LogP contribution in [0.4, 0.5) is 5.69 Å². The molecule has 1 aliphatic rings. The van der Waals surface area contributed by atoms with Crippen LogP contribution < -0.4 is 16.0 Å². The first-order valence-electron chi connectivity index (χ1n) is 7.53. The maximum absolute atomic E-state index is 12.6. The van der Waals surface area contributed by atoms with Gasteiger partial charge in [0, 0.05) is 24.4 Å². The molecule has 0 spiro atoms. The normalized spacial score (nSPS) is 18.0. The van der Waals surface area contributed by atoms with Gasteiger partial charge in [-0.1, -0.05) is 25.1 Å². The first-order valence-corrected chi connectivity index (χ1v) is 8.92. The van der Waals surface area contributed by atoms with Crippen LogP contribution in [-0.4, -0.2) is 42.5 Å². The third kappa shape index (κ3) is 3.44. The smallest absolute Gasteiger partial charge is 0.244 e. The van der Waals surface area contributed by atoms with Crippen LogP contribution in [0.2, 0.25) is 0 Å². The van der Waals surface area contributed by atoms with Gasteiger partial charge in [-0.3, -0.25) is 14.5 Å². The van der Waals surface area contributed by atoms with Crippen LogP contribution in [0.15, 0.2) is 24.3 Å². The minimum atomic E-state index is -0.576. The van der Waals surface area contributed by atoms with Gasteiger partial charge in [0.05, 0.1) is 6.04 Å². The number of amides is 2. The second-order valence-electron chi connectivity index (χ2n) is 5.36. The number of benzene rings is 1. The van der Waals surface area contributed by atoms with Crippen LogP contribution in [0.1, 0.15) is 18.9 Å². The van der Waals surface area contributed by atoms with Gasteiger partial charge in [0.15, 0.2) is 0 Å². The molecule has 2 rings (SSSR count). The number of rotatable bonds is 6. The summed E-state index contributed by atoms with van der Waals surface area (Å²) in [5, 5.41) is 2.91. The Balaban J connectivity index is 2.22. The minimum absolute atomic E-state index is 0.109. The molecule has 1 aliphatic heterocycles. The largest absolute Gasteiger partial charge is 0.353 e. The van der Waals surface area contributed by atoms with Crippen LogP contribution in [0.25, 0.3) is 0 Å². The van der Waals surface area contributed by atoms with Gasteiger partial charge in [-0.15, -0.1) is 0 Å². The van der Waals surface area contributed by atoms with E-state index in [-0.39, 0.29) is 11.8 Å².